The second-order valence-corrected chi connectivity index (χ2v) is 4.48. The predicted octanol–water partition coefficient (Wildman–Crippen LogP) is -3.10. The van der Waals surface area contributed by atoms with Gasteiger partial charge in [-0.1, -0.05) is 0 Å². The molecule has 1 heterocycles. The number of rotatable bonds is 3. The molecule has 0 saturated carbocycles. The molecule has 0 bridgehead atoms. The lowest BCUT2D eigenvalue weighted by molar-refractivity contribution is -0.283. The van der Waals surface area contributed by atoms with Gasteiger partial charge in [0.2, 0.25) is 0 Å². The lowest BCUT2D eigenvalue weighted by Crippen LogP contribution is -2.59. The van der Waals surface area contributed by atoms with E-state index in [1.165, 1.54) is 0 Å². The number of hydrogen-bond acceptors (Lipinski definition) is 7. The van der Waals surface area contributed by atoms with Crippen molar-refractivity contribution >= 4 is 7.82 Å². The Bertz CT molecular complexity index is 277. The van der Waals surface area contributed by atoms with Crippen LogP contribution >= 0.6 is 7.82 Å². The van der Waals surface area contributed by atoms with Crippen molar-refractivity contribution in [1.29, 1.82) is 0 Å². The molecule has 0 aromatic carbocycles. The first-order valence-corrected chi connectivity index (χ1v) is 5.83. The van der Waals surface area contributed by atoms with Gasteiger partial charge in [-0.2, -0.15) is 0 Å². The Hall–Kier alpha value is -0.0900. The number of aliphatic hydroxyl groups excluding tert-OH is 4. The van der Waals surface area contributed by atoms with Gasteiger partial charge in [0, 0.05) is 0 Å². The molecule has 0 aliphatic carbocycles. The standard InChI is InChI=1S/C6H13O9P/c7-1-2-3(8)5(15-16(11,12)13)4(9)6(10)14-2/h2-10H,1H2,(H2,11,12,13)/t2-,3-,4-,5+,6?/m1/s1. The van der Waals surface area contributed by atoms with Crippen molar-refractivity contribution in [3.05, 3.63) is 0 Å². The van der Waals surface area contributed by atoms with Crippen LogP contribution in [-0.2, 0) is 13.8 Å². The Morgan fingerprint density at radius 2 is 1.75 bits per heavy atom. The molecule has 9 nitrogen and oxygen atoms in total. The summed E-state index contributed by atoms with van der Waals surface area (Å²) in [5, 5.41) is 36.6. The van der Waals surface area contributed by atoms with Crippen molar-refractivity contribution in [3.8, 4) is 0 Å². The number of phosphoric ester groups is 1. The Morgan fingerprint density at radius 1 is 1.19 bits per heavy atom. The summed E-state index contributed by atoms with van der Waals surface area (Å²) in [6.07, 6.45) is -8.35. The maximum atomic E-state index is 10.6. The molecule has 0 radical (unpaired) electrons. The van der Waals surface area contributed by atoms with Gasteiger partial charge < -0.3 is 34.9 Å². The molecule has 0 aromatic rings. The quantitative estimate of drug-likeness (QED) is 0.289. The van der Waals surface area contributed by atoms with Crippen molar-refractivity contribution in [2.75, 3.05) is 6.61 Å². The Balaban J connectivity index is 2.81. The highest BCUT2D eigenvalue weighted by atomic mass is 31.2. The van der Waals surface area contributed by atoms with E-state index in [0.29, 0.717) is 0 Å². The molecule has 1 saturated heterocycles. The number of ether oxygens (including phenoxy) is 1. The largest absolute Gasteiger partial charge is 0.470 e. The monoisotopic (exact) mass is 260 g/mol. The Morgan fingerprint density at radius 3 is 2.19 bits per heavy atom. The van der Waals surface area contributed by atoms with Crippen LogP contribution in [0.4, 0.5) is 0 Å². The van der Waals surface area contributed by atoms with Crippen LogP contribution in [0.2, 0.25) is 0 Å². The van der Waals surface area contributed by atoms with Crippen LogP contribution in [0.1, 0.15) is 0 Å². The normalized spacial score (nSPS) is 41.0. The van der Waals surface area contributed by atoms with Gasteiger partial charge in [0.15, 0.2) is 6.29 Å². The molecule has 5 atom stereocenters. The first-order valence-electron chi connectivity index (χ1n) is 4.30. The van der Waals surface area contributed by atoms with E-state index in [1.54, 1.807) is 0 Å². The SMILES string of the molecule is O=P(O)(O)O[C@H]1[C@H](O)[C@@H](CO)OC(O)[C@@H]1O. The van der Waals surface area contributed by atoms with E-state index in [0.717, 1.165) is 0 Å². The van der Waals surface area contributed by atoms with Crippen molar-refractivity contribution in [2.45, 2.75) is 30.7 Å². The fourth-order valence-electron chi connectivity index (χ4n) is 1.35. The maximum Gasteiger partial charge on any atom is 0.470 e. The summed E-state index contributed by atoms with van der Waals surface area (Å²) in [6, 6.07) is 0. The minimum absolute atomic E-state index is 0.702. The molecule has 10 heteroatoms. The summed E-state index contributed by atoms with van der Waals surface area (Å²) in [4.78, 5) is 17.1. The Labute approximate surface area is 90.1 Å². The van der Waals surface area contributed by atoms with Crippen LogP contribution in [0, 0.1) is 0 Å². The topological polar surface area (TPSA) is 157 Å². The first-order chi connectivity index (χ1) is 7.26. The number of phosphoric acid groups is 1. The van der Waals surface area contributed by atoms with E-state index < -0.39 is 45.1 Å². The molecule has 1 rings (SSSR count). The average molecular weight is 260 g/mol. The van der Waals surface area contributed by atoms with Crippen molar-refractivity contribution in [1.82, 2.24) is 0 Å². The highest BCUT2D eigenvalue weighted by Crippen LogP contribution is 2.41. The first kappa shape index (κ1) is 14.0. The van der Waals surface area contributed by atoms with Crippen LogP contribution in [0.15, 0.2) is 0 Å². The zero-order valence-corrected chi connectivity index (χ0v) is 8.84. The number of aliphatic hydroxyl groups is 4. The third-order valence-corrected chi connectivity index (χ3v) is 2.62. The van der Waals surface area contributed by atoms with Gasteiger partial charge in [0.05, 0.1) is 6.61 Å². The molecular formula is C6H13O9P. The van der Waals surface area contributed by atoms with Gasteiger partial charge in [0.25, 0.3) is 0 Å². The number of hydrogen-bond donors (Lipinski definition) is 6. The van der Waals surface area contributed by atoms with E-state index >= 15 is 0 Å². The van der Waals surface area contributed by atoms with Gasteiger partial charge >= 0.3 is 7.82 Å². The van der Waals surface area contributed by atoms with Crippen molar-refractivity contribution < 1.29 is 44.0 Å². The zero-order chi connectivity index (χ0) is 12.5. The molecule has 0 aromatic heterocycles. The molecular weight excluding hydrogens is 247 g/mol. The minimum Gasteiger partial charge on any atom is -0.394 e. The summed E-state index contributed by atoms with van der Waals surface area (Å²) >= 11 is 0. The molecule has 16 heavy (non-hydrogen) atoms. The third kappa shape index (κ3) is 3.20. The lowest BCUT2D eigenvalue weighted by atomic mass is 9.99. The smallest absolute Gasteiger partial charge is 0.394 e. The summed E-state index contributed by atoms with van der Waals surface area (Å²) in [5.74, 6) is 0. The van der Waals surface area contributed by atoms with Gasteiger partial charge in [-0.25, -0.2) is 4.57 Å². The van der Waals surface area contributed by atoms with E-state index in [4.69, 9.17) is 20.0 Å². The van der Waals surface area contributed by atoms with Crippen LogP contribution in [0.5, 0.6) is 0 Å². The van der Waals surface area contributed by atoms with Crippen LogP contribution < -0.4 is 0 Å². The average Bonchev–Trinajstić information content (AvgIpc) is 2.17. The summed E-state index contributed by atoms with van der Waals surface area (Å²) < 4.78 is 19.3. The summed E-state index contributed by atoms with van der Waals surface area (Å²) in [6.45, 7) is -0.702. The second-order valence-electron chi connectivity index (χ2n) is 3.29. The molecule has 1 unspecified atom stereocenters. The van der Waals surface area contributed by atoms with Gasteiger partial charge in [-0.15, -0.1) is 0 Å². The molecule has 1 aliphatic heterocycles. The summed E-state index contributed by atoms with van der Waals surface area (Å²) in [7, 11) is -4.94. The second kappa shape index (κ2) is 5.05. The lowest BCUT2D eigenvalue weighted by Gasteiger charge is -2.39. The molecule has 6 N–H and O–H groups in total. The fourth-order valence-corrected chi connectivity index (χ4v) is 1.92. The highest BCUT2D eigenvalue weighted by Gasteiger charge is 2.47. The minimum atomic E-state index is -4.94. The van der Waals surface area contributed by atoms with Gasteiger partial charge in [0.1, 0.15) is 24.4 Å². The van der Waals surface area contributed by atoms with E-state index in [9.17, 15) is 14.8 Å². The zero-order valence-electron chi connectivity index (χ0n) is 7.95. The molecule has 1 aliphatic rings. The van der Waals surface area contributed by atoms with E-state index in [-0.39, 0.29) is 0 Å². The van der Waals surface area contributed by atoms with Gasteiger partial charge in [-0.05, 0) is 0 Å². The molecule has 0 spiro atoms. The van der Waals surface area contributed by atoms with Crippen LogP contribution in [-0.4, -0.2) is 67.5 Å². The van der Waals surface area contributed by atoms with Crippen molar-refractivity contribution in [2.24, 2.45) is 0 Å². The molecule has 96 valence electrons. The predicted molar refractivity (Wildman–Crippen MR) is 46.9 cm³/mol. The fraction of sp³-hybridized carbons (Fsp3) is 1.00. The van der Waals surface area contributed by atoms with Crippen LogP contribution in [0.25, 0.3) is 0 Å². The maximum absolute atomic E-state index is 10.6. The van der Waals surface area contributed by atoms with Crippen LogP contribution in [0.3, 0.4) is 0 Å². The van der Waals surface area contributed by atoms with Crippen molar-refractivity contribution in [3.63, 3.8) is 0 Å². The van der Waals surface area contributed by atoms with Gasteiger partial charge in [-0.3, -0.25) is 4.52 Å². The summed E-state index contributed by atoms with van der Waals surface area (Å²) in [5.41, 5.74) is 0. The van der Waals surface area contributed by atoms with E-state index in [2.05, 4.69) is 9.26 Å². The Kier molecular flexibility index (Phi) is 4.41. The third-order valence-electron chi connectivity index (χ3n) is 2.10. The molecule has 1 fully saturated rings. The highest BCUT2D eigenvalue weighted by molar-refractivity contribution is 7.46. The van der Waals surface area contributed by atoms with E-state index in [1.807, 2.05) is 0 Å². The molecule has 0 amide bonds.